The Morgan fingerprint density at radius 3 is 2.60 bits per heavy atom. The van der Waals surface area contributed by atoms with Gasteiger partial charge in [0.2, 0.25) is 0 Å². The number of aryl methyl sites for hydroxylation is 1. The Morgan fingerprint density at radius 2 is 2.05 bits per heavy atom. The van der Waals surface area contributed by atoms with Crippen molar-refractivity contribution in [3.8, 4) is 0 Å². The summed E-state index contributed by atoms with van der Waals surface area (Å²) < 4.78 is 0.976. The Balaban J connectivity index is 2.61. The normalized spacial score (nSPS) is 13.4. The first kappa shape index (κ1) is 16.7. The van der Waals surface area contributed by atoms with Gasteiger partial charge in [-0.15, -0.1) is 0 Å². The largest absolute Gasteiger partial charge is 0.354 e. The second kappa shape index (κ2) is 7.40. The van der Waals surface area contributed by atoms with E-state index in [0.29, 0.717) is 0 Å². The van der Waals surface area contributed by atoms with Crippen molar-refractivity contribution in [2.45, 2.75) is 19.9 Å². The predicted octanol–water partition coefficient (Wildman–Crippen LogP) is 0.345. The highest BCUT2D eigenvalue weighted by Crippen LogP contribution is 2.19. The fraction of sp³-hybridized carbons (Fsp3) is 0.429. The number of hydrogen-bond acceptors (Lipinski definition) is 2. The van der Waals surface area contributed by atoms with Crippen LogP contribution in [0.1, 0.15) is 12.5 Å². The topological polar surface area (TPSA) is 62.6 Å². The standard InChI is InChI=1S/C14H20BrN3O2/c1-9-7-11(15)5-6-12(9)17-13(19)8-18(4)10(2)14(20)16-3/h5-7,10H,8H2,1-4H3,(H,16,20)(H,17,19)/p+1/t10-/m1/s1. The molecule has 5 nitrogen and oxygen atoms in total. The molecule has 0 aliphatic carbocycles. The zero-order chi connectivity index (χ0) is 15.3. The second-order valence-electron chi connectivity index (χ2n) is 4.87. The Kier molecular flexibility index (Phi) is 6.16. The molecule has 1 aromatic carbocycles. The molecule has 6 heteroatoms. The van der Waals surface area contributed by atoms with Gasteiger partial charge in [0.05, 0.1) is 7.05 Å². The van der Waals surface area contributed by atoms with E-state index in [0.717, 1.165) is 20.6 Å². The average molecular weight is 343 g/mol. The molecular formula is C14H21BrN3O2+. The van der Waals surface area contributed by atoms with E-state index in [1.807, 2.05) is 32.2 Å². The van der Waals surface area contributed by atoms with Crippen molar-refractivity contribution in [3.63, 3.8) is 0 Å². The maximum atomic E-state index is 12.0. The van der Waals surface area contributed by atoms with Crippen LogP contribution in [-0.4, -0.2) is 38.5 Å². The molecule has 0 aliphatic heterocycles. The zero-order valence-electron chi connectivity index (χ0n) is 12.2. The number of amides is 2. The highest BCUT2D eigenvalue weighted by atomic mass is 79.9. The third-order valence-electron chi connectivity index (χ3n) is 3.28. The van der Waals surface area contributed by atoms with Crippen molar-refractivity contribution in [3.05, 3.63) is 28.2 Å². The lowest BCUT2D eigenvalue weighted by Crippen LogP contribution is -3.15. The molecule has 0 bridgehead atoms. The predicted molar refractivity (Wildman–Crippen MR) is 82.8 cm³/mol. The molecule has 1 rings (SSSR count). The summed E-state index contributed by atoms with van der Waals surface area (Å²) in [6.07, 6.45) is 0. The van der Waals surface area contributed by atoms with Gasteiger partial charge in [-0.3, -0.25) is 9.59 Å². The van der Waals surface area contributed by atoms with Crippen LogP contribution in [0.4, 0.5) is 5.69 Å². The van der Waals surface area contributed by atoms with E-state index >= 15 is 0 Å². The summed E-state index contributed by atoms with van der Waals surface area (Å²) in [5.41, 5.74) is 1.78. The second-order valence-corrected chi connectivity index (χ2v) is 5.78. The molecule has 3 N–H and O–H groups in total. The molecule has 0 aliphatic rings. The fourth-order valence-corrected chi connectivity index (χ4v) is 2.28. The molecule has 20 heavy (non-hydrogen) atoms. The van der Waals surface area contributed by atoms with Crippen LogP contribution in [0, 0.1) is 6.92 Å². The zero-order valence-corrected chi connectivity index (χ0v) is 13.8. The van der Waals surface area contributed by atoms with Gasteiger partial charge < -0.3 is 15.5 Å². The van der Waals surface area contributed by atoms with Gasteiger partial charge in [0.25, 0.3) is 11.8 Å². The first-order valence-corrected chi connectivity index (χ1v) is 7.24. The minimum Gasteiger partial charge on any atom is -0.354 e. The number of anilines is 1. The van der Waals surface area contributed by atoms with Crippen LogP contribution >= 0.6 is 15.9 Å². The highest BCUT2D eigenvalue weighted by molar-refractivity contribution is 9.10. The fourth-order valence-electron chi connectivity index (χ4n) is 1.81. The summed E-state index contributed by atoms with van der Waals surface area (Å²) in [6, 6.07) is 5.41. The first-order valence-electron chi connectivity index (χ1n) is 6.45. The van der Waals surface area contributed by atoms with Crippen LogP contribution in [0.5, 0.6) is 0 Å². The van der Waals surface area contributed by atoms with Crippen molar-refractivity contribution in [2.24, 2.45) is 0 Å². The molecule has 0 saturated heterocycles. The van der Waals surface area contributed by atoms with Gasteiger partial charge >= 0.3 is 0 Å². The number of halogens is 1. The number of hydrogen-bond donors (Lipinski definition) is 3. The van der Waals surface area contributed by atoms with Gasteiger partial charge in [-0.05, 0) is 37.6 Å². The van der Waals surface area contributed by atoms with Crippen LogP contribution < -0.4 is 15.5 Å². The molecule has 0 fully saturated rings. The quantitative estimate of drug-likeness (QED) is 0.722. The average Bonchev–Trinajstić information content (AvgIpc) is 2.40. The van der Waals surface area contributed by atoms with Crippen LogP contribution in [0.15, 0.2) is 22.7 Å². The number of quaternary nitrogens is 1. The van der Waals surface area contributed by atoms with Crippen molar-refractivity contribution in [1.82, 2.24) is 5.32 Å². The number of rotatable bonds is 5. The monoisotopic (exact) mass is 342 g/mol. The molecule has 0 spiro atoms. The van der Waals surface area contributed by atoms with Crippen LogP contribution in [-0.2, 0) is 9.59 Å². The van der Waals surface area contributed by atoms with Gasteiger partial charge in [0.15, 0.2) is 12.6 Å². The number of benzene rings is 1. The minimum atomic E-state index is -0.267. The molecule has 2 atom stereocenters. The molecule has 0 aromatic heterocycles. The number of carbonyl (C=O) groups excluding carboxylic acids is 2. The van der Waals surface area contributed by atoms with Crippen molar-refractivity contribution < 1.29 is 14.5 Å². The van der Waals surface area contributed by atoms with Crippen molar-refractivity contribution in [2.75, 3.05) is 26.0 Å². The number of likely N-dealkylation sites (N-methyl/N-ethyl adjacent to an activating group) is 2. The summed E-state index contributed by atoms with van der Waals surface area (Å²) >= 11 is 3.38. The molecule has 0 radical (unpaired) electrons. The molecule has 0 saturated carbocycles. The van der Waals surface area contributed by atoms with Gasteiger partial charge in [0.1, 0.15) is 0 Å². The lowest BCUT2D eigenvalue weighted by atomic mass is 10.2. The van der Waals surface area contributed by atoms with Gasteiger partial charge in [-0.1, -0.05) is 15.9 Å². The Bertz CT molecular complexity index is 505. The molecule has 110 valence electrons. The maximum absolute atomic E-state index is 12.0. The van der Waals surface area contributed by atoms with E-state index in [4.69, 9.17) is 0 Å². The first-order chi connectivity index (χ1) is 9.35. The lowest BCUT2D eigenvalue weighted by molar-refractivity contribution is -0.885. The lowest BCUT2D eigenvalue weighted by Gasteiger charge is -2.20. The van der Waals surface area contributed by atoms with E-state index < -0.39 is 0 Å². The summed E-state index contributed by atoms with van der Waals surface area (Å²) in [5, 5.41) is 5.46. The van der Waals surface area contributed by atoms with Gasteiger partial charge in [0, 0.05) is 17.2 Å². The molecule has 2 amide bonds. The third-order valence-corrected chi connectivity index (χ3v) is 3.77. The Morgan fingerprint density at radius 1 is 1.40 bits per heavy atom. The molecule has 0 heterocycles. The van der Waals surface area contributed by atoms with Crippen LogP contribution in [0.25, 0.3) is 0 Å². The molecular weight excluding hydrogens is 322 g/mol. The van der Waals surface area contributed by atoms with Crippen molar-refractivity contribution in [1.29, 1.82) is 0 Å². The van der Waals surface area contributed by atoms with E-state index in [1.54, 1.807) is 14.0 Å². The smallest absolute Gasteiger partial charge is 0.279 e. The van der Waals surface area contributed by atoms with E-state index in [-0.39, 0.29) is 24.4 Å². The summed E-state index contributed by atoms with van der Waals surface area (Å²) in [7, 11) is 3.42. The Labute approximate surface area is 127 Å². The molecule has 1 aromatic rings. The van der Waals surface area contributed by atoms with E-state index in [1.165, 1.54) is 0 Å². The van der Waals surface area contributed by atoms with Gasteiger partial charge in [-0.2, -0.15) is 0 Å². The summed E-state index contributed by atoms with van der Waals surface area (Å²) in [4.78, 5) is 24.4. The van der Waals surface area contributed by atoms with E-state index in [9.17, 15) is 9.59 Å². The van der Waals surface area contributed by atoms with Crippen LogP contribution in [0.2, 0.25) is 0 Å². The molecule has 1 unspecified atom stereocenters. The third kappa shape index (κ3) is 4.61. The van der Waals surface area contributed by atoms with Crippen LogP contribution in [0.3, 0.4) is 0 Å². The minimum absolute atomic E-state index is 0.0740. The van der Waals surface area contributed by atoms with E-state index in [2.05, 4.69) is 26.6 Å². The number of nitrogens with one attached hydrogen (secondary N) is 3. The highest BCUT2D eigenvalue weighted by Gasteiger charge is 2.22. The maximum Gasteiger partial charge on any atom is 0.279 e. The number of carbonyl (C=O) groups is 2. The summed E-state index contributed by atoms with van der Waals surface area (Å²) in [6.45, 7) is 3.97. The summed E-state index contributed by atoms with van der Waals surface area (Å²) in [5.74, 6) is -0.182. The van der Waals surface area contributed by atoms with Crippen molar-refractivity contribution >= 4 is 33.4 Å². The Hall–Kier alpha value is -1.40. The van der Waals surface area contributed by atoms with Gasteiger partial charge in [-0.25, -0.2) is 0 Å². The SMILES string of the molecule is CNC(=O)[C@@H](C)[NH+](C)CC(=O)Nc1ccc(Br)cc1C.